The second-order valence-corrected chi connectivity index (χ2v) is 4.31. The number of carbonyl (C=O) groups excluding carboxylic acids is 1. The van der Waals surface area contributed by atoms with Gasteiger partial charge in [0.05, 0.1) is 7.11 Å². The highest BCUT2D eigenvalue weighted by molar-refractivity contribution is 5.75. The molecule has 0 aromatic heterocycles. The lowest BCUT2D eigenvalue weighted by molar-refractivity contribution is -0.151. The van der Waals surface area contributed by atoms with Gasteiger partial charge in [-0.25, -0.2) is 0 Å². The van der Waals surface area contributed by atoms with Crippen molar-refractivity contribution < 1.29 is 9.53 Å². The van der Waals surface area contributed by atoms with Gasteiger partial charge in [0.15, 0.2) is 0 Å². The molecule has 2 N–H and O–H groups in total. The Morgan fingerprint density at radius 2 is 2.25 bits per heavy atom. The van der Waals surface area contributed by atoms with E-state index in [9.17, 15) is 4.79 Å². The Balaban J connectivity index is 1.82. The van der Waals surface area contributed by atoms with E-state index in [1.807, 2.05) is 0 Å². The first kappa shape index (κ1) is 8.05. The molecule has 3 aliphatic rings. The van der Waals surface area contributed by atoms with Crippen LogP contribution < -0.4 is 5.73 Å². The van der Waals surface area contributed by atoms with Crippen molar-refractivity contribution in [2.45, 2.75) is 31.7 Å². The fraction of sp³-hybridized carbons (Fsp3) is 0.889. The van der Waals surface area contributed by atoms with Gasteiger partial charge in [-0.05, 0) is 37.0 Å². The minimum Gasteiger partial charge on any atom is -0.468 e. The van der Waals surface area contributed by atoms with Gasteiger partial charge in [-0.2, -0.15) is 0 Å². The molecule has 0 amide bonds. The Labute approximate surface area is 72.3 Å². The van der Waals surface area contributed by atoms with Gasteiger partial charge in [0.2, 0.25) is 0 Å². The second kappa shape index (κ2) is 2.46. The van der Waals surface area contributed by atoms with Crippen LogP contribution in [0.2, 0.25) is 0 Å². The molecule has 0 aromatic rings. The summed E-state index contributed by atoms with van der Waals surface area (Å²) in [6, 6.07) is -0.392. The number of hydrogen-bond acceptors (Lipinski definition) is 3. The first-order valence-electron chi connectivity index (χ1n) is 4.49. The smallest absolute Gasteiger partial charge is 0.322 e. The maximum Gasteiger partial charge on any atom is 0.322 e. The largest absolute Gasteiger partial charge is 0.468 e. The van der Waals surface area contributed by atoms with E-state index >= 15 is 0 Å². The molecule has 0 aromatic carbocycles. The van der Waals surface area contributed by atoms with E-state index in [1.165, 1.54) is 26.4 Å². The number of esters is 1. The van der Waals surface area contributed by atoms with E-state index in [0.29, 0.717) is 5.41 Å². The average molecular weight is 169 g/mol. The van der Waals surface area contributed by atoms with Gasteiger partial charge in [-0.3, -0.25) is 4.79 Å². The van der Waals surface area contributed by atoms with Gasteiger partial charge < -0.3 is 10.5 Å². The van der Waals surface area contributed by atoms with Gasteiger partial charge >= 0.3 is 5.97 Å². The molecule has 0 radical (unpaired) electrons. The third kappa shape index (κ3) is 1.04. The summed E-state index contributed by atoms with van der Waals surface area (Å²) in [6.07, 6.45) is 4.70. The summed E-state index contributed by atoms with van der Waals surface area (Å²) in [4.78, 5) is 11.0. The third-order valence-corrected chi connectivity index (χ3v) is 3.32. The number of nitrogens with two attached hydrogens (primary N) is 1. The van der Waals surface area contributed by atoms with Crippen LogP contribution in [0.25, 0.3) is 0 Å². The van der Waals surface area contributed by atoms with Crippen molar-refractivity contribution in [3.63, 3.8) is 0 Å². The van der Waals surface area contributed by atoms with Crippen LogP contribution in [0.1, 0.15) is 25.7 Å². The standard InChI is InChI=1S/C9H15NO2/c1-12-8(11)7(10)5-9-2-6(3-9)4-9/h6-7H,2-5,10H2,1H3. The SMILES string of the molecule is COC(=O)C(N)CC12CC(C1)C2. The van der Waals surface area contributed by atoms with E-state index < -0.39 is 6.04 Å². The van der Waals surface area contributed by atoms with Crippen molar-refractivity contribution in [2.75, 3.05) is 7.11 Å². The fourth-order valence-electron chi connectivity index (χ4n) is 2.61. The Kier molecular flexibility index (Phi) is 1.65. The number of methoxy groups -OCH3 is 1. The Morgan fingerprint density at radius 3 is 2.58 bits per heavy atom. The molecule has 3 rings (SSSR count). The van der Waals surface area contributed by atoms with Crippen molar-refractivity contribution in [3.05, 3.63) is 0 Å². The van der Waals surface area contributed by atoms with Crippen molar-refractivity contribution in [2.24, 2.45) is 17.1 Å². The molecule has 3 aliphatic carbocycles. The molecule has 3 saturated carbocycles. The van der Waals surface area contributed by atoms with Gasteiger partial charge in [0, 0.05) is 0 Å². The quantitative estimate of drug-likeness (QED) is 0.632. The van der Waals surface area contributed by atoms with Gasteiger partial charge in [-0.1, -0.05) is 0 Å². The predicted molar refractivity (Wildman–Crippen MR) is 44.4 cm³/mol. The normalized spacial score (nSPS) is 39.3. The highest BCUT2D eigenvalue weighted by atomic mass is 16.5. The summed E-state index contributed by atoms with van der Waals surface area (Å²) in [5.41, 5.74) is 6.12. The van der Waals surface area contributed by atoms with Crippen LogP contribution in [0.4, 0.5) is 0 Å². The summed E-state index contributed by atoms with van der Waals surface area (Å²) in [5.74, 6) is 0.689. The van der Waals surface area contributed by atoms with Crippen LogP contribution in [0.3, 0.4) is 0 Å². The zero-order valence-corrected chi connectivity index (χ0v) is 7.38. The predicted octanol–water partition coefficient (Wildman–Crippen LogP) is 0.677. The molecule has 2 bridgehead atoms. The number of ether oxygens (including phenoxy) is 1. The molecule has 0 aliphatic heterocycles. The van der Waals surface area contributed by atoms with Crippen molar-refractivity contribution in [1.82, 2.24) is 0 Å². The molecule has 1 unspecified atom stereocenters. The maximum absolute atomic E-state index is 11.0. The fourth-order valence-corrected chi connectivity index (χ4v) is 2.61. The highest BCUT2D eigenvalue weighted by Gasteiger charge is 2.56. The Bertz CT molecular complexity index is 198. The lowest BCUT2D eigenvalue weighted by Gasteiger charge is -2.62. The van der Waals surface area contributed by atoms with Crippen LogP contribution in [0.15, 0.2) is 0 Å². The minimum atomic E-state index is -0.392. The maximum atomic E-state index is 11.0. The lowest BCUT2D eigenvalue weighted by Crippen LogP contribution is -2.55. The second-order valence-electron chi connectivity index (χ2n) is 4.31. The highest BCUT2D eigenvalue weighted by Crippen LogP contribution is 2.66. The summed E-state index contributed by atoms with van der Waals surface area (Å²) >= 11 is 0. The monoisotopic (exact) mass is 169 g/mol. The summed E-state index contributed by atoms with van der Waals surface area (Å²) in [6.45, 7) is 0. The molecule has 0 saturated heterocycles. The first-order chi connectivity index (χ1) is 5.65. The van der Waals surface area contributed by atoms with E-state index in [-0.39, 0.29) is 5.97 Å². The van der Waals surface area contributed by atoms with Gasteiger partial charge in [-0.15, -0.1) is 0 Å². The van der Waals surface area contributed by atoms with E-state index in [1.54, 1.807) is 0 Å². The molecule has 3 heteroatoms. The Morgan fingerprint density at radius 1 is 1.67 bits per heavy atom. The first-order valence-corrected chi connectivity index (χ1v) is 4.49. The van der Waals surface area contributed by atoms with E-state index in [0.717, 1.165) is 12.3 Å². The number of carbonyl (C=O) groups is 1. The van der Waals surface area contributed by atoms with Crippen molar-refractivity contribution in [1.29, 1.82) is 0 Å². The van der Waals surface area contributed by atoms with Crippen LogP contribution >= 0.6 is 0 Å². The zero-order chi connectivity index (χ0) is 8.77. The molecule has 0 heterocycles. The molecule has 0 spiro atoms. The Hall–Kier alpha value is -0.570. The molecule has 3 fully saturated rings. The topological polar surface area (TPSA) is 52.3 Å². The molecule has 12 heavy (non-hydrogen) atoms. The zero-order valence-electron chi connectivity index (χ0n) is 7.38. The van der Waals surface area contributed by atoms with Gasteiger partial charge in [0.25, 0.3) is 0 Å². The van der Waals surface area contributed by atoms with Crippen LogP contribution in [-0.4, -0.2) is 19.1 Å². The van der Waals surface area contributed by atoms with Crippen molar-refractivity contribution >= 4 is 5.97 Å². The summed E-state index contributed by atoms with van der Waals surface area (Å²) in [5, 5.41) is 0. The summed E-state index contributed by atoms with van der Waals surface area (Å²) < 4.78 is 4.58. The van der Waals surface area contributed by atoms with Crippen LogP contribution in [0, 0.1) is 11.3 Å². The third-order valence-electron chi connectivity index (χ3n) is 3.32. The van der Waals surface area contributed by atoms with E-state index in [2.05, 4.69) is 4.74 Å². The van der Waals surface area contributed by atoms with Crippen LogP contribution in [0.5, 0.6) is 0 Å². The van der Waals surface area contributed by atoms with Crippen molar-refractivity contribution in [3.8, 4) is 0 Å². The molecule has 68 valence electrons. The number of rotatable bonds is 3. The molecule has 1 atom stereocenters. The molecular formula is C9H15NO2. The van der Waals surface area contributed by atoms with Crippen LogP contribution in [-0.2, 0) is 9.53 Å². The average Bonchev–Trinajstić information content (AvgIpc) is 1.92. The minimum absolute atomic E-state index is 0.264. The van der Waals surface area contributed by atoms with E-state index in [4.69, 9.17) is 5.73 Å². The van der Waals surface area contributed by atoms with Gasteiger partial charge in [0.1, 0.15) is 6.04 Å². The summed E-state index contributed by atoms with van der Waals surface area (Å²) in [7, 11) is 1.39. The number of hydrogen-bond donors (Lipinski definition) is 1. The molecular weight excluding hydrogens is 154 g/mol. The lowest BCUT2D eigenvalue weighted by atomic mass is 9.43. The molecule has 3 nitrogen and oxygen atoms in total.